The lowest BCUT2D eigenvalue weighted by molar-refractivity contribution is -0.167. The zero-order chi connectivity index (χ0) is 20.0. The highest BCUT2D eigenvalue weighted by molar-refractivity contribution is 5.88. The molecule has 0 unspecified atom stereocenters. The van der Waals surface area contributed by atoms with Gasteiger partial charge in [-0.2, -0.15) is 0 Å². The molecule has 2 aromatic carbocycles. The number of piperazine rings is 1. The first-order valence-electron chi connectivity index (χ1n) is 10.5. The van der Waals surface area contributed by atoms with Crippen molar-refractivity contribution in [2.24, 2.45) is 5.92 Å². The smallest absolute Gasteiger partial charge is 0.242 e. The lowest BCUT2D eigenvalue weighted by Gasteiger charge is -2.58. The van der Waals surface area contributed by atoms with Crippen LogP contribution in [0, 0.1) is 5.92 Å². The van der Waals surface area contributed by atoms with Gasteiger partial charge in [-0.15, -0.1) is 0 Å². The molecular weight excluding hydrogens is 364 g/mol. The Hall–Kier alpha value is -2.66. The third-order valence-corrected chi connectivity index (χ3v) is 6.67. The molecule has 150 valence electrons. The Balaban J connectivity index is 1.36. The van der Waals surface area contributed by atoms with Gasteiger partial charge in [0.2, 0.25) is 11.8 Å². The van der Waals surface area contributed by atoms with Crippen molar-refractivity contribution in [1.29, 1.82) is 0 Å². The summed E-state index contributed by atoms with van der Waals surface area (Å²) < 4.78 is 0. The highest BCUT2D eigenvalue weighted by Gasteiger charge is 2.54. The van der Waals surface area contributed by atoms with Crippen LogP contribution in [0.5, 0.6) is 0 Å². The van der Waals surface area contributed by atoms with Gasteiger partial charge >= 0.3 is 0 Å². The highest BCUT2D eigenvalue weighted by atomic mass is 16.3. The van der Waals surface area contributed by atoms with Crippen molar-refractivity contribution < 1.29 is 14.7 Å². The summed E-state index contributed by atoms with van der Waals surface area (Å²) in [6.07, 6.45) is 2.83. The van der Waals surface area contributed by atoms with Gasteiger partial charge in [-0.1, -0.05) is 54.6 Å². The Morgan fingerprint density at radius 1 is 1.00 bits per heavy atom. The molecule has 3 aliphatic rings. The van der Waals surface area contributed by atoms with E-state index in [-0.39, 0.29) is 43.0 Å². The van der Waals surface area contributed by atoms with E-state index in [0.717, 1.165) is 29.5 Å². The first kappa shape index (κ1) is 18.4. The van der Waals surface area contributed by atoms with Gasteiger partial charge < -0.3 is 14.9 Å². The van der Waals surface area contributed by atoms with Crippen molar-refractivity contribution in [3.8, 4) is 11.1 Å². The summed E-state index contributed by atoms with van der Waals surface area (Å²) in [6.45, 7) is 0.667. The van der Waals surface area contributed by atoms with E-state index in [1.165, 1.54) is 0 Å². The van der Waals surface area contributed by atoms with Gasteiger partial charge in [0.25, 0.3) is 0 Å². The van der Waals surface area contributed by atoms with Crippen LogP contribution in [-0.2, 0) is 9.59 Å². The zero-order valence-corrected chi connectivity index (χ0v) is 16.4. The fraction of sp³-hybridized carbons (Fsp3) is 0.417. The minimum atomic E-state index is -0.198. The number of rotatable bonds is 5. The van der Waals surface area contributed by atoms with Crippen LogP contribution in [0.4, 0.5) is 0 Å². The Labute approximate surface area is 170 Å². The number of amides is 2. The second kappa shape index (κ2) is 7.30. The van der Waals surface area contributed by atoms with Gasteiger partial charge in [0.15, 0.2) is 0 Å². The lowest BCUT2D eigenvalue weighted by atomic mass is 9.73. The molecule has 29 heavy (non-hydrogen) atoms. The topological polar surface area (TPSA) is 60.9 Å². The van der Waals surface area contributed by atoms with E-state index in [1.54, 1.807) is 9.80 Å². The van der Waals surface area contributed by atoms with E-state index in [4.69, 9.17) is 0 Å². The Morgan fingerprint density at radius 3 is 2.34 bits per heavy atom. The van der Waals surface area contributed by atoms with Crippen LogP contribution in [0.2, 0.25) is 0 Å². The molecular formula is C24H26N2O3. The summed E-state index contributed by atoms with van der Waals surface area (Å²) in [6, 6.07) is 18.4. The summed E-state index contributed by atoms with van der Waals surface area (Å²) >= 11 is 0. The number of fused-ring (bicyclic) bond motifs is 1. The van der Waals surface area contributed by atoms with Crippen LogP contribution in [0.15, 0.2) is 54.6 Å². The number of aliphatic hydroxyl groups is 1. The average molecular weight is 390 g/mol. The summed E-state index contributed by atoms with van der Waals surface area (Å²) in [5.41, 5.74) is 3.43. The molecule has 5 heteroatoms. The molecule has 0 bridgehead atoms. The maximum absolute atomic E-state index is 12.7. The Morgan fingerprint density at radius 2 is 1.69 bits per heavy atom. The molecule has 2 heterocycles. The SMILES string of the molecule is O=C(CC1CC1)N1CC(=O)N2[C@@H](CO)[C@@H](c3ccc(-c4ccccc4)cc3)[C@@H]2C1. The fourth-order valence-corrected chi connectivity index (χ4v) is 4.92. The normalized spacial score (nSPS) is 26.1. The van der Waals surface area contributed by atoms with Crippen molar-refractivity contribution in [1.82, 2.24) is 9.80 Å². The second-order valence-corrected chi connectivity index (χ2v) is 8.55. The molecule has 5 rings (SSSR count). The van der Waals surface area contributed by atoms with Gasteiger partial charge in [0.05, 0.1) is 25.2 Å². The van der Waals surface area contributed by atoms with Crippen LogP contribution in [0.25, 0.3) is 11.1 Å². The molecule has 2 aliphatic heterocycles. The minimum absolute atomic E-state index is 0.0402. The molecule has 2 amide bonds. The van der Waals surface area contributed by atoms with Crippen molar-refractivity contribution in [3.63, 3.8) is 0 Å². The third-order valence-electron chi connectivity index (χ3n) is 6.67. The molecule has 0 aromatic heterocycles. The molecule has 3 fully saturated rings. The number of nitrogens with zero attached hydrogens (tertiary/aromatic N) is 2. The van der Waals surface area contributed by atoms with Crippen molar-refractivity contribution >= 4 is 11.8 Å². The number of hydrogen-bond donors (Lipinski definition) is 1. The molecule has 5 nitrogen and oxygen atoms in total. The highest BCUT2D eigenvalue weighted by Crippen LogP contribution is 2.43. The van der Waals surface area contributed by atoms with Gasteiger partial charge in [0.1, 0.15) is 0 Å². The first-order chi connectivity index (χ1) is 14.2. The quantitative estimate of drug-likeness (QED) is 0.854. The second-order valence-electron chi connectivity index (χ2n) is 8.55. The lowest BCUT2D eigenvalue weighted by Crippen LogP contribution is -2.73. The van der Waals surface area contributed by atoms with Crippen LogP contribution in [0.3, 0.4) is 0 Å². The monoisotopic (exact) mass is 390 g/mol. The van der Waals surface area contributed by atoms with Gasteiger partial charge in [-0.05, 0) is 35.4 Å². The predicted octanol–water partition coefficient (Wildman–Crippen LogP) is 2.65. The van der Waals surface area contributed by atoms with Crippen molar-refractivity contribution in [3.05, 3.63) is 60.2 Å². The Kier molecular flexibility index (Phi) is 4.63. The number of aliphatic hydroxyl groups excluding tert-OH is 1. The van der Waals surface area contributed by atoms with E-state index in [0.29, 0.717) is 18.9 Å². The maximum Gasteiger partial charge on any atom is 0.242 e. The maximum atomic E-state index is 12.7. The number of carbonyl (C=O) groups excluding carboxylic acids is 2. The molecule has 0 spiro atoms. The molecule has 1 saturated carbocycles. The fourth-order valence-electron chi connectivity index (χ4n) is 4.92. The molecule has 3 atom stereocenters. The Bertz CT molecular complexity index is 907. The van der Waals surface area contributed by atoms with E-state index in [2.05, 4.69) is 36.4 Å². The summed E-state index contributed by atoms with van der Waals surface area (Å²) in [5.74, 6) is 0.640. The van der Waals surface area contributed by atoms with E-state index < -0.39 is 0 Å². The molecule has 1 aliphatic carbocycles. The average Bonchev–Trinajstić information content (AvgIpc) is 3.54. The number of benzene rings is 2. The standard InChI is InChI=1S/C24H26N2O3/c27-15-21-24(19-10-8-18(9-11-19)17-4-2-1-3-5-17)20-13-25(14-23(29)26(20)21)22(28)12-16-6-7-16/h1-5,8-11,16,20-21,24,27H,6-7,12-15H2/t20-,21-,24-/m0/s1. The molecule has 2 aromatic rings. The number of carbonyl (C=O) groups is 2. The van der Waals surface area contributed by atoms with E-state index in [1.807, 2.05) is 18.2 Å². The summed E-state index contributed by atoms with van der Waals surface area (Å²) in [7, 11) is 0. The summed E-state index contributed by atoms with van der Waals surface area (Å²) in [5, 5.41) is 9.93. The molecule has 2 saturated heterocycles. The van der Waals surface area contributed by atoms with Crippen molar-refractivity contribution in [2.45, 2.75) is 37.3 Å². The van der Waals surface area contributed by atoms with Crippen LogP contribution in [0.1, 0.15) is 30.7 Å². The van der Waals surface area contributed by atoms with Crippen LogP contribution in [-0.4, -0.2) is 58.5 Å². The van der Waals surface area contributed by atoms with Gasteiger partial charge in [0, 0.05) is 18.9 Å². The van der Waals surface area contributed by atoms with Crippen LogP contribution < -0.4 is 0 Å². The first-order valence-corrected chi connectivity index (χ1v) is 10.5. The van der Waals surface area contributed by atoms with E-state index >= 15 is 0 Å². The van der Waals surface area contributed by atoms with E-state index in [9.17, 15) is 14.7 Å². The van der Waals surface area contributed by atoms with Gasteiger partial charge in [-0.25, -0.2) is 0 Å². The van der Waals surface area contributed by atoms with Gasteiger partial charge in [-0.3, -0.25) is 9.59 Å². The largest absolute Gasteiger partial charge is 0.394 e. The van der Waals surface area contributed by atoms with Crippen molar-refractivity contribution in [2.75, 3.05) is 19.7 Å². The molecule has 1 N–H and O–H groups in total. The van der Waals surface area contributed by atoms with Crippen LogP contribution >= 0.6 is 0 Å². The number of hydrogen-bond acceptors (Lipinski definition) is 3. The predicted molar refractivity (Wildman–Crippen MR) is 110 cm³/mol. The molecule has 0 radical (unpaired) electrons. The third kappa shape index (κ3) is 3.33. The summed E-state index contributed by atoms with van der Waals surface area (Å²) in [4.78, 5) is 28.8. The minimum Gasteiger partial charge on any atom is -0.394 e. The zero-order valence-electron chi connectivity index (χ0n) is 16.4.